The monoisotopic (exact) mass is 331 g/mol. The average Bonchev–Trinajstić information content (AvgIpc) is 2.31. The molecule has 0 spiro atoms. The molecule has 2 atom stereocenters. The molecule has 23 heavy (non-hydrogen) atoms. The van der Waals surface area contributed by atoms with Crippen molar-refractivity contribution >= 4 is 17.8 Å². The van der Waals surface area contributed by atoms with Gasteiger partial charge >= 0.3 is 12.1 Å². The van der Waals surface area contributed by atoms with Crippen LogP contribution in [-0.2, 0) is 19.1 Å². The highest BCUT2D eigenvalue weighted by atomic mass is 16.6. The molecular weight excluding hydrogens is 302 g/mol. The summed E-state index contributed by atoms with van der Waals surface area (Å²) in [7, 11) is 0. The zero-order chi connectivity index (χ0) is 18.4. The third kappa shape index (κ3) is 9.18. The van der Waals surface area contributed by atoms with E-state index in [1.807, 2.05) is 13.8 Å². The molecule has 7 heteroatoms. The molecule has 0 aromatic carbocycles. The Kier molecular flexibility index (Phi) is 7.70. The van der Waals surface area contributed by atoms with Crippen LogP contribution in [0.15, 0.2) is 0 Å². The summed E-state index contributed by atoms with van der Waals surface area (Å²) in [4.78, 5) is 35.3. The van der Waals surface area contributed by atoms with Crippen molar-refractivity contribution in [1.29, 1.82) is 0 Å². The van der Waals surface area contributed by atoms with Crippen LogP contribution in [0, 0.1) is 5.92 Å². The summed E-state index contributed by atoms with van der Waals surface area (Å²) in [6.07, 6.45) is -0.409. The lowest BCUT2D eigenvalue weighted by Crippen LogP contribution is -2.54. The van der Waals surface area contributed by atoms with Gasteiger partial charge in [0.05, 0.1) is 6.04 Å². The molecule has 1 amide bonds. The summed E-state index contributed by atoms with van der Waals surface area (Å²) in [5.41, 5.74) is -2.59. The summed E-state index contributed by atoms with van der Waals surface area (Å²) in [6.45, 7) is 10.9. The molecule has 0 aliphatic heterocycles. The minimum Gasteiger partial charge on any atom is -0.462 e. The summed E-state index contributed by atoms with van der Waals surface area (Å²) in [5, 5.41) is 12.7. The first-order valence-electron chi connectivity index (χ1n) is 7.64. The summed E-state index contributed by atoms with van der Waals surface area (Å²) in [5.74, 6) is -1.12. The van der Waals surface area contributed by atoms with Crippen molar-refractivity contribution in [3.63, 3.8) is 0 Å². The molecule has 0 unspecified atom stereocenters. The third-order valence-corrected chi connectivity index (χ3v) is 2.80. The lowest BCUT2D eigenvalue weighted by molar-refractivity contribution is -0.155. The fourth-order valence-corrected chi connectivity index (χ4v) is 1.84. The Morgan fingerprint density at radius 3 is 2.04 bits per heavy atom. The van der Waals surface area contributed by atoms with E-state index in [1.165, 1.54) is 13.8 Å². The lowest BCUT2D eigenvalue weighted by Gasteiger charge is -2.29. The second kappa shape index (κ2) is 8.29. The van der Waals surface area contributed by atoms with Crippen molar-refractivity contribution in [2.45, 2.75) is 72.1 Å². The number of nitrogens with one attached hydrogen (secondary N) is 1. The Morgan fingerprint density at radius 1 is 1.13 bits per heavy atom. The number of hydrogen-bond donors (Lipinski definition) is 2. The number of hydrogen-bond acceptors (Lipinski definition) is 6. The van der Waals surface area contributed by atoms with E-state index in [1.54, 1.807) is 20.8 Å². The molecule has 2 N–H and O–H groups in total. The standard InChI is InChI=1S/C16H29NO6/c1-10(2)8-12(17-14(20)23-15(4,5)6)13(19)16(7,21)9-22-11(3)18/h10,12,21H,8-9H2,1-7H3,(H,17,20)/t12-,16+/m1/s1. The Balaban J connectivity index is 5.04. The number of ketones is 1. The molecule has 0 aromatic rings. The molecule has 0 radical (unpaired) electrons. The fourth-order valence-electron chi connectivity index (χ4n) is 1.84. The molecule has 7 nitrogen and oxygen atoms in total. The van der Waals surface area contributed by atoms with Crippen LogP contribution in [0.2, 0.25) is 0 Å². The van der Waals surface area contributed by atoms with Gasteiger partial charge in [0.1, 0.15) is 12.2 Å². The number of carbonyl (C=O) groups excluding carboxylic acids is 3. The highest BCUT2D eigenvalue weighted by Gasteiger charge is 2.38. The number of alkyl carbamates (subject to hydrolysis) is 1. The first-order chi connectivity index (χ1) is 10.2. The molecule has 0 saturated carbocycles. The smallest absolute Gasteiger partial charge is 0.408 e. The largest absolute Gasteiger partial charge is 0.462 e. The van der Waals surface area contributed by atoms with Gasteiger partial charge in [-0.15, -0.1) is 0 Å². The van der Waals surface area contributed by atoms with Crippen molar-refractivity contribution in [2.24, 2.45) is 5.92 Å². The van der Waals surface area contributed by atoms with Gasteiger partial charge in [-0.05, 0) is 40.0 Å². The lowest BCUT2D eigenvalue weighted by atomic mass is 9.90. The van der Waals surface area contributed by atoms with Crippen LogP contribution in [0.4, 0.5) is 4.79 Å². The van der Waals surface area contributed by atoms with Gasteiger partial charge in [-0.3, -0.25) is 9.59 Å². The molecular formula is C16H29NO6. The highest BCUT2D eigenvalue weighted by Crippen LogP contribution is 2.16. The van der Waals surface area contributed by atoms with Crippen molar-refractivity contribution in [2.75, 3.05) is 6.61 Å². The highest BCUT2D eigenvalue weighted by molar-refractivity contribution is 5.94. The van der Waals surface area contributed by atoms with Crippen molar-refractivity contribution in [1.82, 2.24) is 5.32 Å². The zero-order valence-corrected chi connectivity index (χ0v) is 15.1. The number of esters is 1. The molecule has 0 rings (SSSR count). The second-order valence-electron chi connectivity index (χ2n) is 7.25. The molecule has 0 bridgehead atoms. The number of carbonyl (C=O) groups is 3. The number of aliphatic hydroxyl groups is 1. The van der Waals surface area contributed by atoms with Crippen LogP contribution < -0.4 is 5.32 Å². The molecule has 0 aliphatic rings. The van der Waals surface area contributed by atoms with Crippen LogP contribution in [0.1, 0.15) is 54.9 Å². The first-order valence-corrected chi connectivity index (χ1v) is 7.64. The Morgan fingerprint density at radius 2 is 1.65 bits per heavy atom. The van der Waals surface area contributed by atoms with E-state index in [-0.39, 0.29) is 5.92 Å². The molecule has 0 fully saturated rings. The van der Waals surface area contributed by atoms with Gasteiger partial charge in [0.25, 0.3) is 0 Å². The predicted octanol–water partition coefficient (Wildman–Crippen LogP) is 1.81. The van der Waals surface area contributed by atoms with Gasteiger partial charge in [-0.25, -0.2) is 4.79 Å². The van der Waals surface area contributed by atoms with E-state index in [0.29, 0.717) is 6.42 Å². The maximum atomic E-state index is 12.5. The number of ether oxygens (including phenoxy) is 2. The van der Waals surface area contributed by atoms with Crippen LogP contribution in [-0.4, -0.2) is 46.8 Å². The second-order valence-corrected chi connectivity index (χ2v) is 7.25. The summed E-state index contributed by atoms with van der Waals surface area (Å²) in [6, 6.07) is -0.935. The van der Waals surface area contributed by atoms with Crippen LogP contribution in [0.25, 0.3) is 0 Å². The van der Waals surface area contributed by atoms with E-state index in [0.717, 1.165) is 0 Å². The van der Waals surface area contributed by atoms with Crippen molar-refractivity contribution < 1.29 is 29.0 Å². The normalized spacial score (nSPS) is 15.5. The molecule has 0 heterocycles. The molecule has 0 aromatic heterocycles. The molecule has 0 saturated heterocycles. The minimum atomic E-state index is -1.89. The van der Waals surface area contributed by atoms with Gasteiger partial charge in [0.15, 0.2) is 11.4 Å². The minimum absolute atomic E-state index is 0.100. The van der Waals surface area contributed by atoms with Gasteiger partial charge < -0.3 is 19.9 Å². The fraction of sp³-hybridized carbons (Fsp3) is 0.812. The van der Waals surface area contributed by atoms with E-state index in [9.17, 15) is 19.5 Å². The van der Waals surface area contributed by atoms with Crippen LogP contribution >= 0.6 is 0 Å². The quantitative estimate of drug-likeness (QED) is 0.690. The summed E-state index contributed by atoms with van der Waals surface area (Å²) >= 11 is 0. The molecule has 0 aliphatic carbocycles. The van der Waals surface area contributed by atoms with Gasteiger partial charge in [-0.1, -0.05) is 13.8 Å². The number of rotatable bonds is 7. The number of amides is 1. The first kappa shape index (κ1) is 21.4. The van der Waals surface area contributed by atoms with Crippen molar-refractivity contribution in [3.8, 4) is 0 Å². The zero-order valence-electron chi connectivity index (χ0n) is 15.1. The van der Waals surface area contributed by atoms with Gasteiger partial charge in [-0.2, -0.15) is 0 Å². The van der Waals surface area contributed by atoms with Crippen molar-refractivity contribution in [3.05, 3.63) is 0 Å². The summed E-state index contributed by atoms with van der Waals surface area (Å²) < 4.78 is 9.86. The number of Topliss-reactive ketones (excluding diaryl/α,β-unsaturated/α-hetero) is 1. The Bertz CT molecular complexity index is 436. The Labute approximate surface area is 137 Å². The van der Waals surface area contributed by atoms with Gasteiger partial charge in [0.2, 0.25) is 0 Å². The van der Waals surface area contributed by atoms with Crippen LogP contribution in [0.3, 0.4) is 0 Å². The average molecular weight is 331 g/mol. The van der Waals surface area contributed by atoms with Crippen LogP contribution in [0.5, 0.6) is 0 Å². The molecule has 134 valence electrons. The maximum Gasteiger partial charge on any atom is 0.408 e. The van der Waals surface area contributed by atoms with E-state index in [2.05, 4.69) is 5.32 Å². The predicted molar refractivity (Wildman–Crippen MR) is 84.9 cm³/mol. The Hall–Kier alpha value is -1.63. The topological polar surface area (TPSA) is 102 Å². The van der Waals surface area contributed by atoms with E-state index in [4.69, 9.17) is 9.47 Å². The maximum absolute atomic E-state index is 12.5. The van der Waals surface area contributed by atoms with E-state index >= 15 is 0 Å². The van der Waals surface area contributed by atoms with Gasteiger partial charge in [0, 0.05) is 6.92 Å². The third-order valence-electron chi connectivity index (χ3n) is 2.80. The SMILES string of the molecule is CC(=O)OC[C@](C)(O)C(=O)[C@@H](CC(C)C)NC(=O)OC(C)(C)C. The van der Waals surface area contributed by atoms with E-state index < -0.39 is 41.7 Å².